The van der Waals surface area contributed by atoms with Crippen LogP contribution in [0.3, 0.4) is 0 Å². The maximum Gasteiger partial charge on any atom is 0.255 e. The predicted octanol–water partition coefficient (Wildman–Crippen LogP) is 6.99. The third-order valence-electron chi connectivity index (χ3n) is 7.65. The summed E-state index contributed by atoms with van der Waals surface area (Å²) in [5, 5.41) is 11.5. The zero-order valence-electron chi connectivity index (χ0n) is 22.5. The molecule has 9 heteroatoms. The zero-order valence-corrected chi connectivity index (χ0v) is 24.8. The van der Waals surface area contributed by atoms with E-state index in [1.807, 2.05) is 62.4 Å². The van der Waals surface area contributed by atoms with Crippen LogP contribution in [0.2, 0.25) is 5.15 Å². The monoisotopic (exact) mass is 627 g/mol. The SMILES string of the molecule is CC1=C(C(=O)Nc2ccc(Br)cn2)[C@@H](c2c(C)nn(-c3ccccc3)c2Cl)C2=C(C[C@@H](c3ccccc3)CC2=O)N1. The minimum atomic E-state index is -0.698. The topological polar surface area (TPSA) is 88.9 Å². The lowest BCUT2D eigenvalue weighted by Gasteiger charge is -2.37. The lowest BCUT2D eigenvalue weighted by Crippen LogP contribution is -2.37. The molecular weight excluding hydrogens is 602 g/mol. The molecule has 0 radical (unpaired) electrons. The number of nitrogens with zero attached hydrogens (tertiary/aromatic N) is 3. The van der Waals surface area contributed by atoms with Gasteiger partial charge >= 0.3 is 0 Å². The highest BCUT2D eigenvalue weighted by atomic mass is 79.9. The number of para-hydroxylation sites is 1. The van der Waals surface area contributed by atoms with Crippen molar-refractivity contribution < 1.29 is 9.59 Å². The Bertz CT molecular complexity index is 1710. The highest BCUT2D eigenvalue weighted by Gasteiger charge is 2.43. The van der Waals surface area contributed by atoms with E-state index in [0.717, 1.165) is 21.4 Å². The van der Waals surface area contributed by atoms with Gasteiger partial charge in [-0.1, -0.05) is 60.1 Å². The van der Waals surface area contributed by atoms with Crippen molar-refractivity contribution in [2.24, 2.45) is 0 Å². The standard InChI is InChI=1S/C32H27BrClN5O2/c1-18-28(32(41)37-26-14-13-22(33)17-35-26)30(27-19(2)38-39(31(27)34)23-11-7-4-8-12-23)29-24(36-18)15-21(16-25(29)40)20-9-5-3-6-10-20/h3-14,17,21,30,36H,15-16H2,1-2H3,(H,35,37,41)/t21-,30-/m1/s1. The summed E-state index contributed by atoms with van der Waals surface area (Å²) in [5.74, 6) is -0.633. The van der Waals surface area contributed by atoms with Crippen LogP contribution in [0.15, 0.2) is 106 Å². The van der Waals surface area contributed by atoms with Crippen molar-refractivity contribution in [3.05, 3.63) is 128 Å². The van der Waals surface area contributed by atoms with Gasteiger partial charge in [-0.15, -0.1) is 0 Å². The molecule has 2 aliphatic rings. The number of nitrogens with one attached hydrogen (secondary N) is 2. The molecule has 2 aromatic heterocycles. The van der Waals surface area contributed by atoms with Gasteiger partial charge in [-0.25, -0.2) is 9.67 Å². The number of amides is 1. The predicted molar refractivity (Wildman–Crippen MR) is 163 cm³/mol. The molecule has 4 aromatic rings. The molecule has 206 valence electrons. The number of rotatable bonds is 5. The Labute approximate surface area is 251 Å². The molecule has 0 fully saturated rings. The molecule has 0 unspecified atom stereocenters. The molecule has 2 aromatic carbocycles. The van der Waals surface area contributed by atoms with Crippen LogP contribution in [0, 0.1) is 6.92 Å². The smallest absolute Gasteiger partial charge is 0.255 e. The number of carbonyl (C=O) groups is 2. The molecular formula is C32H27BrClN5O2. The largest absolute Gasteiger partial charge is 0.362 e. The quantitative estimate of drug-likeness (QED) is 0.249. The Morgan fingerprint density at radius 1 is 1.02 bits per heavy atom. The number of pyridine rings is 1. The summed E-state index contributed by atoms with van der Waals surface area (Å²) in [6.45, 7) is 3.73. The van der Waals surface area contributed by atoms with Crippen molar-refractivity contribution in [3.8, 4) is 5.69 Å². The van der Waals surface area contributed by atoms with E-state index < -0.39 is 5.92 Å². The first-order chi connectivity index (χ1) is 19.8. The van der Waals surface area contributed by atoms with Gasteiger partial charge in [-0.3, -0.25) is 9.59 Å². The average Bonchev–Trinajstić information content (AvgIpc) is 3.27. The van der Waals surface area contributed by atoms with Gasteiger partial charge in [0.2, 0.25) is 0 Å². The van der Waals surface area contributed by atoms with Crippen molar-refractivity contribution in [1.29, 1.82) is 0 Å². The second-order valence-electron chi connectivity index (χ2n) is 10.3. The van der Waals surface area contributed by atoms with Crippen LogP contribution >= 0.6 is 27.5 Å². The van der Waals surface area contributed by atoms with E-state index in [9.17, 15) is 9.59 Å². The van der Waals surface area contributed by atoms with Gasteiger partial charge in [0.1, 0.15) is 11.0 Å². The molecule has 0 saturated carbocycles. The maximum absolute atomic E-state index is 14.0. The molecule has 0 spiro atoms. The Morgan fingerprint density at radius 3 is 2.41 bits per heavy atom. The van der Waals surface area contributed by atoms with Crippen molar-refractivity contribution in [1.82, 2.24) is 20.1 Å². The molecule has 3 heterocycles. The van der Waals surface area contributed by atoms with Gasteiger partial charge in [0.25, 0.3) is 5.91 Å². The molecule has 0 saturated heterocycles. The van der Waals surface area contributed by atoms with E-state index in [2.05, 4.69) is 43.7 Å². The first kappa shape index (κ1) is 27.2. The highest BCUT2D eigenvalue weighted by molar-refractivity contribution is 9.10. The van der Waals surface area contributed by atoms with Crippen molar-refractivity contribution in [2.45, 2.75) is 38.5 Å². The molecule has 0 bridgehead atoms. The van der Waals surface area contributed by atoms with Gasteiger partial charge in [-0.05, 0) is 71.9 Å². The highest BCUT2D eigenvalue weighted by Crippen LogP contribution is 2.48. The number of ketones is 1. The summed E-state index contributed by atoms with van der Waals surface area (Å²) in [4.78, 5) is 32.3. The maximum atomic E-state index is 14.0. The second kappa shape index (κ2) is 11.1. The van der Waals surface area contributed by atoms with E-state index >= 15 is 0 Å². The molecule has 1 amide bonds. The number of benzene rings is 2. The Balaban J connectivity index is 1.48. The Kier molecular flexibility index (Phi) is 7.36. The molecule has 2 N–H and O–H groups in total. The number of anilines is 1. The van der Waals surface area contributed by atoms with E-state index in [1.54, 1.807) is 23.0 Å². The first-order valence-corrected chi connectivity index (χ1v) is 14.5. The van der Waals surface area contributed by atoms with E-state index in [1.165, 1.54) is 0 Å². The lowest BCUT2D eigenvalue weighted by molar-refractivity contribution is -0.116. The number of carbonyl (C=O) groups excluding carboxylic acids is 2. The van der Waals surface area contributed by atoms with Crippen LogP contribution in [-0.4, -0.2) is 26.5 Å². The number of dihydropyridines is 1. The number of halogens is 2. The summed E-state index contributed by atoms with van der Waals surface area (Å²) < 4.78 is 2.46. The molecule has 1 aliphatic heterocycles. The van der Waals surface area contributed by atoms with Gasteiger partial charge < -0.3 is 10.6 Å². The summed E-state index contributed by atoms with van der Waals surface area (Å²) in [6.07, 6.45) is 2.60. The van der Waals surface area contributed by atoms with Gasteiger partial charge in [0, 0.05) is 45.2 Å². The fraction of sp³-hybridized carbons (Fsp3) is 0.188. The van der Waals surface area contributed by atoms with E-state index in [-0.39, 0.29) is 17.6 Å². The van der Waals surface area contributed by atoms with E-state index in [4.69, 9.17) is 16.7 Å². The number of aromatic nitrogens is 3. The van der Waals surface area contributed by atoms with Crippen LogP contribution in [0.1, 0.15) is 48.4 Å². The van der Waals surface area contributed by atoms with Crippen LogP contribution in [0.4, 0.5) is 5.82 Å². The van der Waals surface area contributed by atoms with Crippen LogP contribution in [-0.2, 0) is 9.59 Å². The lowest BCUT2D eigenvalue weighted by atomic mass is 9.71. The molecule has 7 nitrogen and oxygen atoms in total. The summed E-state index contributed by atoms with van der Waals surface area (Å²) in [6, 6.07) is 23.2. The van der Waals surface area contributed by atoms with Crippen molar-refractivity contribution >= 4 is 45.0 Å². The van der Waals surface area contributed by atoms with E-state index in [0.29, 0.717) is 51.9 Å². The fourth-order valence-corrected chi connectivity index (χ4v) is 6.42. The third kappa shape index (κ3) is 5.13. The van der Waals surface area contributed by atoms with Gasteiger partial charge in [-0.2, -0.15) is 5.10 Å². The summed E-state index contributed by atoms with van der Waals surface area (Å²) >= 11 is 10.5. The van der Waals surface area contributed by atoms with Crippen LogP contribution in [0.25, 0.3) is 5.69 Å². The number of aryl methyl sites for hydroxylation is 1. The first-order valence-electron chi connectivity index (χ1n) is 13.3. The number of hydrogen-bond acceptors (Lipinski definition) is 5. The number of Topliss-reactive ketones (excluding diaryl/α,β-unsaturated/α-hetero) is 1. The summed E-state index contributed by atoms with van der Waals surface area (Å²) in [5.41, 5.74) is 5.65. The Hall–Kier alpha value is -4.01. The third-order valence-corrected chi connectivity index (χ3v) is 8.48. The summed E-state index contributed by atoms with van der Waals surface area (Å²) in [7, 11) is 0. The molecule has 41 heavy (non-hydrogen) atoms. The van der Waals surface area contributed by atoms with Gasteiger partial charge in [0.15, 0.2) is 5.78 Å². The van der Waals surface area contributed by atoms with Crippen molar-refractivity contribution in [2.75, 3.05) is 5.32 Å². The van der Waals surface area contributed by atoms with Crippen molar-refractivity contribution in [3.63, 3.8) is 0 Å². The fourth-order valence-electron chi connectivity index (χ4n) is 5.80. The number of hydrogen-bond donors (Lipinski definition) is 2. The Morgan fingerprint density at radius 2 is 1.73 bits per heavy atom. The average molecular weight is 629 g/mol. The second-order valence-corrected chi connectivity index (χ2v) is 11.6. The normalized spacial score (nSPS) is 18.7. The molecule has 1 aliphatic carbocycles. The number of allylic oxidation sites excluding steroid dienone is 3. The molecule has 2 atom stereocenters. The molecule has 6 rings (SSSR count). The zero-order chi connectivity index (χ0) is 28.7. The minimum Gasteiger partial charge on any atom is -0.362 e. The van der Waals surface area contributed by atoms with Crippen LogP contribution in [0.5, 0.6) is 0 Å². The van der Waals surface area contributed by atoms with Gasteiger partial charge in [0.05, 0.1) is 17.3 Å². The minimum absolute atomic E-state index is 0.0138. The van der Waals surface area contributed by atoms with Crippen LogP contribution < -0.4 is 10.6 Å².